The second-order valence-electron chi connectivity index (χ2n) is 10.1. The lowest BCUT2D eigenvalue weighted by molar-refractivity contribution is -0.134. The molecule has 0 fully saturated rings. The van der Waals surface area contributed by atoms with Gasteiger partial charge < -0.3 is 25.4 Å². The lowest BCUT2D eigenvalue weighted by Gasteiger charge is -2.34. The zero-order valence-corrected chi connectivity index (χ0v) is 22.0. The summed E-state index contributed by atoms with van der Waals surface area (Å²) in [6, 6.07) is 15.1. The van der Waals surface area contributed by atoms with Gasteiger partial charge in [0, 0.05) is 42.8 Å². The van der Waals surface area contributed by atoms with E-state index >= 15 is 0 Å². The van der Waals surface area contributed by atoms with Crippen LogP contribution in [0.5, 0.6) is 5.75 Å². The molecule has 3 N–H and O–H groups in total. The van der Waals surface area contributed by atoms with E-state index in [1.807, 2.05) is 45.0 Å². The summed E-state index contributed by atoms with van der Waals surface area (Å²) in [4.78, 5) is 29.5. The fourth-order valence-electron chi connectivity index (χ4n) is 4.42. The summed E-state index contributed by atoms with van der Waals surface area (Å²) in [5.74, 6) is 0.596. The fraction of sp³-hybridized carbons (Fsp3) is 0.500. The van der Waals surface area contributed by atoms with E-state index in [0.29, 0.717) is 30.1 Å². The molecule has 0 aromatic heterocycles. The Bertz CT molecular complexity index is 1010. The number of ether oxygens (including phenoxy) is 1. The van der Waals surface area contributed by atoms with Gasteiger partial charge in [0.05, 0.1) is 19.1 Å². The van der Waals surface area contributed by atoms with Gasteiger partial charge in [0.1, 0.15) is 11.9 Å². The number of aliphatic hydroxyl groups excluding tert-OH is 1. The molecule has 0 radical (unpaired) electrons. The molecule has 8 heteroatoms. The highest BCUT2D eigenvalue weighted by molar-refractivity contribution is 5.90. The van der Waals surface area contributed by atoms with Gasteiger partial charge in [-0.2, -0.15) is 0 Å². The van der Waals surface area contributed by atoms with Gasteiger partial charge >= 0.3 is 6.03 Å². The quantitative estimate of drug-likeness (QED) is 0.520. The highest BCUT2D eigenvalue weighted by Gasteiger charge is 2.31. The van der Waals surface area contributed by atoms with E-state index in [0.717, 1.165) is 6.54 Å². The average Bonchev–Trinajstić information content (AvgIpc) is 2.86. The van der Waals surface area contributed by atoms with Crippen molar-refractivity contribution in [2.75, 3.05) is 32.1 Å². The summed E-state index contributed by atoms with van der Waals surface area (Å²) in [5.41, 5.74) is 2.52. The van der Waals surface area contributed by atoms with Gasteiger partial charge in [0.15, 0.2) is 0 Å². The third kappa shape index (κ3) is 7.70. The third-order valence-electron chi connectivity index (χ3n) is 6.38. The Morgan fingerprint density at radius 1 is 1.19 bits per heavy atom. The maximum atomic E-state index is 13.3. The van der Waals surface area contributed by atoms with Gasteiger partial charge in [-0.15, -0.1) is 0 Å². The van der Waals surface area contributed by atoms with Crippen molar-refractivity contribution in [1.82, 2.24) is 15.1 Å². The number of rotatable bonds is 8. The van der Waals surface area contributed by atoms with Crippen LogP contribution in [-0.4, -0.2) is 71.8 Å². The van der Waals surface area contributed by atoms with Crippen LogP contribution >= 0.6 is 0 Å². The van der Waals surface area contributed by atoms with Crippen molar-refractivity contribution in [2.24, 2.45) is 5.92 Å². The van der Waals surface area contributed by atoms with Crippen LogP contribution in [0.25, 0.3) is 0 Å². The SMILES string of the molecule is CC(C)NC(=O)Nc1ccc2c(c1)CC(=O)N([C@@H](C)CO)C[C@@H](C)[C@H](CN(C)Cc1ccccc1)O2. The second-order valence-corrected chi connectivity index (χ2v) is 10.1. The van der Waals surface area contributed by atoms with E-state index in [2.05, 4.69) is 41.6 Å². The fourth-order valence-corrected chi connectivity index (χ4v) is 4.42. The first-order chi connectivity index (χ1) is 17.2. The Labute approximate surface area is 214 Å². The van der Waals surface area contributed by atoms with E-state index in [4.69, 9.17) is 4.74 Å². The minimum atomic E-state index is -0.303. The van der Waals surface area contributed by atoms with Crippen LogP contribution in [0.1, 0.15) is 38.8 Å². The van der Waals surface area contributed by atoms with Gasteiger partial charge in [0.2, 0.25) is 5.91 Å². The number of amides is 3. The van der Waals surface area contributed by atoms with Crippen molar-refractivity contribution >= 4 is 17.6 Å². The van der Waals surface area contributed by atoms with Crippen LogP contribution in [0.2, 0.25) is 0 Å². The first-order valence-corrected chi connectivity index (χ1v) is 12.7. The lowest BCUT2D eigenvalue weighted by atomic mass is 10.0. The molecule has 0 bridgehead atoms. The maximum absolute atomic E-state index is 13.3. The van der Waals surface area contributed by atoms with Gasteiger partial charge in [0.25, 0.3) is 0 Å². The van der Waals surface area contributed by atoms with Crippen molar-refractivity contribution in [2.45, 2.75) is 58.8 Å². The van der Waals surface area contributed by atoms with Gasteiger partial charge in [-0.25, -0.2) is 4.79 Å². The number of carbonyl (C=O) groups excluding carboxylic acids is 2. The highest BCUT2D eigenvalue weighted by atomic mass is 16.5. The molecule has 2 aromatic rings. The normalized spacial score (nSPS) is 19.1. The molecule has 196 valence electrons. The van der Waals surface area contributed by atoms with Crippen molar-refractivity contribution < 1.29 is 19.4 Å². The summed E-state index contributed by atoms with van der Waals surface area (Å²) >= 11 is 0. The predicted octanol–water partition coefficient (Wildman–Crippen LogP) is 3.50. The summed E-state index contributed by atoms with van der Waals surface area (Å²) in [6.45, 7) is 9.55. The van der Waals surface area contributed by atoms with E-state index in [-0.39, 0.29) is 49.1 Å². The number of benzene rings is 2. The van der Waals surface area contributed by atoms with Crippen molar-refractivity contribution in [3.8, 4) is 5.75 Å². The molecule has 36 heavy (non-hydrogen) atoms. The minimum absolute atomic E-state index is 0.00594. The molecular weight excluding hydrogens is 456 g/mol. The smallest absolute Gasteiger partial charge is 0.319 e. The number of urea groups is 1. The molecule has 1 heterocycles. The number of nitrogens with one attached hydrogen (secondary N) is 2. The van der Waals surface area contributed by atoms with Crippen LogP contribution in [-0.2, 0) is 17.8 Å². The number of hydrogen-bond acceptors (Lipinski definition) is 5. The number of likely N-dealkylation sites (N-methyl/N-ethyl adjacent to an activating group) is 1. The average molecular weight is 497 g/mol. The molecule has 0 saturated heterocycles. The van der Waals surface area contributed by atoms with E-state index < -0.39 is 0 Å². The molecule has 0 aliphatic carbocycles. The minimum Gasteiger partial charge on any atom is -0.488 e. The summed E-state index contributed by atoms with van der Waals surface area (Å²) in [7, 11) is 2.07. The van der Waals surface area contributed by atoms with Crippen LogP contribution in [0, 0.1) is 5.92 Å². The summed E-state index contributed by atoms with van der Waals surface area (Å²) in [5, 5.41) is 15.5. The second kappa shape index (κ2) is 12.7. The Morgan fingerprint density at radius 2 is 1.92 bits per heavy atom. The first kappa shape index (κ1) is 27.5. The van der Waals surface area contributed by atoms with E-state index in [9.17, 15) is 14.7 Å². The Kier molecular flexibility index (Phi) is 9.73. The molecular formula is C28H40N4O4. The van der Waals surface area contributed by atoms with Crippen LogP contribution < -0.4 is 15.4 Å². The molecule has 1 aliphatic rings. The lowest BCUT2D eigenvalue weighted by Crippen LogP contribution is -2.47. The van der Waals surface area contributed by atoms with Crippen LogP contribution in [0.15, 0.2) is 48.5 Å². The van der Waals surface area contributed by atoms with Gasteiger partial charge in [-0.1, -0.05) is 37.3 Å². The Morgan fingerprint density at radius 3 is 2.58 bits per heavy atom. The zero-order chi connectivity index (χ0) is 26.2. The molecule has 0 unspecified atom stereocenters. The van der Waals surface area contributed by atoms with E-state index in [1.165, 1.54) is 5.56 Å². The predicted molar refractivity (Wildman–Crippen MR) is 142 cm³/mol. The molecule has 0 saturated carbocycles. The molecule has 3 atom stereocenters. The van der Waals surface area contributed by atoms with E-state index in [1.54, 1.807) is 17.0 Å². The van der Waals surface area contributed by atoms with Crippen LogP contribution in [0.4, 0.5) is 10.5 Å². The number of fused-ring (bicyclic) bond motifs is 1. The number of aliphatic hydroxyl groups is 1. The Balaban J connectivity index is 1.87. The largest absolute Gasteiger partial charge is 0.488 e. The molecule has 3 rings (SSSR count). The van der Waals surface area contributed by atoms with Crippen LogP contribution in [0.3, 0.4) is 0 Å². The van der Waals surface area contributed by atoms with Gasteiger partial charge in [-0.05, 0) is 51.6 Å². The van der Waals surface area contributed by atoms with Crippen molar-refractivity contribution in [3.63, 3.8) is 0 Å². The summed E-state index contributed by atoms with van der Waals surface area (Å²) < 4.78 is 6.56. The third-order valence-corrected chi connectivity index (χ3v) is 6.38. The monoisotopic (exact) mass is 496 g/mol. The van der Waals surface area contributed by atoms with Crippen molar-refractivity contribution in [3.05, 3.63) is 59.7 Å². The van der Waals surface area contributed by atoms with Crippen molar-refractivity contribution in [1.29, 1.82) is 0 Å². The maximum Gasteiger partial charge on any atom is 0.319 e. The molecule has 8 nitrogen and oxygen atoms in total. The topological polar surface area (TPSA) is 94.1 Å². The molecule has 3 amide bonds. The standard InChI is InChI=1S/C28H40N4O4/c1-19(2)29-28(35)30-24-11-12-25-23(13-24)14-27(34)32(21(4)18-33)15-20(3)26(36-25)17-31(5)16-22-9-7-6-8-10-22/h6-13,19-21,26,33H,14-18H2,1-5H3,(H2,29,30,35)/t20-,21+,26+/m1/s1. The number of carbonyl (C=O) groups is 2. The number of anilines is 1. The zero-order valence-electron chi connectivity index (χ0n) is 22.0. The Hall–Kier alpha value is -3.10. The summed E-state index contributed by atoms with van der Waals surface area (Å²) in [6.07, 6.45) is -0.0555. The molecule has 1 aliphatic heterocycles. The first-order valence-electron chi connectivity index (χ1n) is 12.7. The molecule has 0 spiro atoms. The highest BCUT2D eigenvalue weighted by Crippen LogP contribution is 2.29. The van der Waals surface area contributed by atoms with Gasteiger partial charge in [-0.3, -0.25) is 9.69 Å². The molecule has 2 aromatic carbocycles. The number of hydrogen-bond donors (Lipinski definition) is 3. The number of nitrogens with zero attached hydrogens (tertiary/aromatic N) is 2.